The van der Waals surface area contributed by atoms with Crippen LogP contribution in [0.3, 0.4) is 0 Å². The second-order valence-electron chi connectivity index (χ2n) is 5.19. The van der Waals surface area contributed by atoms with Crippen LogP contribution in [0.5, 0.6) is 0 Å². The first-order valence-electron chi connectivity index (χ1n) is 5.78. The summed E-state index contributed by atoms with van der Waals surface area (Å²) in [5, 5.41) is 0. The van der Waals surface area contributed by atoms with Gasteiger partial charge in [-0.15, -0.1) is 0 Å². The van der Waals surface area contributed by atoms with Crippen LogP contribution in [0.1, 0.15) is 46.3 Å². The minimum atomic E-state index is 0.0270. The van der Waals surface area contributed by atoms with Crippen LogP contribution in [-0.2, 0) is 6.42 Å². The van der Waals surface area contributed by atoms with Crippen molar-refractivity contribution in [2.24, 2.45) is 5.41 Å². The maximum Gasteiger partial charge on any atom is 0.169 e. The lowest BCUT2D eigenvalue weighted by Crippen LogP contribution is -2.35. The number of ketones is 1. The van der Waals surface area contributed by atoms with E-state index in [0.717, 1.165) is 24.8 Å². The molecule has 0 unspecified atom stereocenters. The third-order valence-electron chi connectivity index (χ3n) is 4.29. The van der Waals surface area contributed by atoms with Crippen LogP contribution >= 0.6 is 0 Å². The predicted molar refractivity (Wildman–Crippen MR) is 60.2 cm³/mol. The van der Waals surface area contributed by atoms with Crippen LogP contribution in [0.25, 0.3) is 0 Å². The summed E-state index contributed by atoms with van der Waals surface area (Å²) < 4.78 is 0. The van der Waals surface area contributed by atoms with Crippen LogP contribution in [-0.4, -0.2) is 5.78 Å². The van der Waals surface area contributed by atoms with Gasteiger partial charge in [0.1, 0.15) is 0 Å². The van der Waals surface area contributed by atoms with Crippen LogP contribution < -0.4 is 0 Å². The first-order valence-corrected chi connectivity index (χ1v) is 5.78. The van der Waals surface area contributed by atoms with Gasteiger partial charge >= 0.3 is 0 Å². The maximum absolute atomic E-state index is 12.4. The Kier molecular flexibility index (Phi) is 1.66. The maximum atomic E-state index is 12.4. The molecule has 15 heavy (non-hydrogen) atoms. The van der Waals surface area contributed by atoms with Crippen LogP contribution in [0.2, 0.25) is 0 Å². The molecule has 1 aromatic carbocycles. The highest BCUT2D eigenvalue weighted by molar-refractivity contribution is 6.06. The molecule has 0 aliphatic heterocycles. The van der Waals surface area contributed by atoms with Gasteiger partial charge in [-0.3, -0.25) is 4.79 Å². The fourth-order valence-corrected chi connectivity index (χ4v) is 3.10. The molecule has 0 saturated heterocycles. The summed E-state index contributed by atoms with van der Waals surface area (Å²) in [5.74, 6) is 0.435. The van der Waals surface area contributed by atoms with Crippen LogP contribution in [0.4, 0.5) is 0 Å². The van der Waals surface area contributed by atoms with E-state index in [1.165, 1.54) is 23.1 Å². The lowest BCUT2D eigenvalue weighted by Gasteiger charge is -2.36. The number of carbonyl (C=O) groups excluding carboxylic acids is 1. The van der Waals surface area contributed by atoms with Gasteiger partial charge in [-0.2, -0.15) is 0 Å². The van der Waals surface area contributed by atoms with Crippen LogP contribution in [0.15, 0.2) is 12.1 Å². The zero-order chi connectivity index (χ0) is 10.6. The SMILES string of the molecule is Cc1ccc(C)c2c1CC1(CCC1)C2=O. The highest BCUT2D eigenvalue weighted by Gasteiger charge is 2.50. The molecule has 0 aromatic heterocycles. The van der Waals surface area contributed by atoms with Crippen molar-refractivity contribution in [3.05, 3.63) is 34.4 Å². The number of benzene rings is 1. The Morgan fingerprint density at radius 1 is 1.13 bits per heavy atom. The van der Waals surface area contributed by atoms with E-state index < -0.39 is 0 Å². The second kappa shape index (κ2) is 2.72. The molecule has 1 spiro atoms. The van der Waals surface area contributed by atoms with E-state index >= 15 is 0 Å². The molecule has 3 rings (SSSR count). The van der Waals surface area contributed by atoms with Crippen LogP contribution in [0, 0.1) is 19.3 Å². The fourth-order valence-electron chi connectivity index (χ4n) is 3.10. The van der Waals surface area contributed by atoms with Gasteiger partial charge in [-0.1, -0.05) is 18.6 Å². The Hall–Kier alpha value is -1.11. The number of carbonyl (C=O) groups is 1. The Morgan fingerprint density at radius 3 is 2.33 bits per heavy atom. The largest absolute Gasteiger partial charge is 0.294 e. The summed E-state index contributed by atoms with van der Waals surface area (Å²) in [6.45, 7) is 4.19. The summed E-state index contributed by atoms with van der Waals surface area (Å²) in [6, 6.07) is 4.24. The Bertz CT molecular complexity index is 453. The highest BCUT2D eigenvalue weighted by Crippen LogP contribution is 2.52. The topological polar surface area (TPSA) is 17.1 Å². The molecular formula is C14H16O. The molecule has 1 aromatic rings. The van der Waals surface area contributed by atoms with E-state index in [0.29, 0.717) is 5.78 Å². The number of hydrogen-bond donors (Lipinski definition) is 0. The normalized spacial score (nSPS) is 21.6. The summed E-state index contributed by atoms with van der Waals surface area (Å²) >= 11 is 0. The molecule has 1 saturated carbocycles. The summed E-state index contributed by atoms with van der Waals surface area (Å²) in [4.78, 5) is 12.4. The minimum Gasteiger partial charge on any atom is -0.294 e. The lowest BCUT2D eigenvalue weighted by molar-refractivity contribution is 0.0654. The zero-order valence-corrected chi connectivity index (χ0v) is 9.39. The molecule has 2 aliphatic carbocycles. The van der Waals surface area contributed by atoms with Gasteiger partial charge in [-0.05, 0) is 49.8 Å². The van der Waals surface area contributed by atoms with Gasteiger partial charge in [0.25, 0.3) is 0 Å². The molecule has 0 bridgehead atoms. The highest BCUT2D eigenvalue weighted by atomic mass is 16.1. The van der Waals surface area contributed by atoms with E-state index in [1.54, 1.807) is 0 Å². The van der Waals surface area contributed by atoms with Crippen molar-refractivity contribution >= 4 is 5.78 Å². The molecule has 2 aliphatic rings. The summed E-state index contributed by atoms with van der Waals surface area (Å²) in [6.07, 6.45) is 4.46. The summed E-state index contributed by atoms with van der Waals surface area (Å²) in [5.41, 5.74) is 4.88. The molecule has 1 fully saturated rings. The first-order chi connectivity index (χ1) is 7.14. The molecule has 1 nitrogen and oxygen atoms in total. The third-order valence-corrected chi connectivity index (χ3v) is 4.29. The molecule has 0 N–H and O–H groups in total. The summed E-state index contributed by atoms with van der Waals surface area (Å²) in [7, 11) is 0. The van der Waals surface area contributed by atoms with Gasteiger partial charge in [0.15, 0.2) is 5.78 Å². The minimum absolute atomic E-state index is 0.0270. The van der Waals surface area contributed by atoms with Crippen molar-refractivity contribution in [3.8, 4) is 0 Å². The molecule has 78 valence electrons. The lowest BCUT2D eigenvalue weighted by atomic mass is 9.66. The van der Waals surface area contributed by atoms with Crippen molar-refractivity contribution in [1.29, 1.82) is 0 Å². The van der Waals surface area contributed by atoms with E-state index in [9.17, 15) is 4.79 Å². The first kappa shape index (κ1) is 9.14. The van der Waals surface area contributed by atoms with Crippen molar-refractivity contribution in [3.63, 3.8) is 0 Å². The van der Waals surface area contributed by atoms with Gasteiger partial charge in [-0.25, -0.2) is 0 Å². The molecule has 0 heterocycles. The van der Waals surface area contributed by atoms with E-state index in [2.05, 4.69) is 26.0 Å². The van der Waals surface area contributed by atoms with E-state index in [1.807, 2.05) is 0 Å². The number of Topliss-reactive ketones (excluding diaryl/α,β-unsaturated/α-hetero) is 1. The molecule has 1 heteroatoms. The quantitative estimate of drug-likeness (QED) is 0.628. The van der Waals surface area contributed by atoms with Gasteiger partial charge in [0.05, 0.1) is 0 Å². The smallest absolute Gasteiger partial charge is 0.169 e. The Balaban J connectivity index is 2.20. The molecular weight excluding hydrogens is 184 g/mol. The standard InChI is InChI=1S/C14H16O/c1-9-4-5-10(2)12-11(9)8-14(13(12)15)6-3-7-14/h4-5H,3,6-8H2,1-2H3. The van der Waals surface area contributed by atoms with Gasteiger partial charge in [0, 0.05) is 11.0 Å². The van der Waals surface area contributed by atoms with Gasteiger partial charge in [0.2, 0.25) is 0 Å². The average molecular weight is 200 g/mol. The number of hydrogen-bond acceptors (Lipinski definition) is 1. The number of rotatable bonds is 0. The Morgan fingerprint density at radius 2 is 1.80 bits per heavy atom. The average Bonchev–Trinajstić information content (AvgIpc) is 2.47. The number of aryl methyl sites for hydroxylation is 2. The monoisotopic (exact) mass is 200 g/mol. The van der Waals surface area contributed by atoms with Crippen molar-refractivity contribution in [2.45, 2.75) is 39.5 Å². The second-order valence-corrected chi connectivity index (χ2v) is 5.19. The van der Waals surface area contributed by atoms with Crippen molar-refractivity contribution in [2.75, 3.05) is 0 Å². The molecule has 0 radical (unpaired) electrons. The third kappa shape index (κ3) is 1.01. The Labute approximate surface area is 90.5 Å². The van der Waals surface area contributed by atoms with E-state index in [-0.39, 0.29) is 5.41 Å². The number of fused-ring (bicyclic) bond motifs is 1. The molecule has 0 amide bonds. The van der Waals surface area contributed by atoms with Crippen molar-refractivity contribution in [1.82, 2.24) is 0 Å². The van der Waals surface area contributed by atoms with Crippen molar-refractivity contribution < 1.29 is 4.79 Å². The fraction of sp³-hybridized carbons (Fsp3) is 0.500. The predicted octanol–water partition coefficient (Wildman–Crippen LogP) is 3.21. The zero-order valence-electron chi connectivity index (χ0n) is 9.39. The van der Waals surface area contributed by atoms with E-state index in [4.69, 9.17) is 0 Å². The van der Waals surface area contributed by atoms with Gasteiger partial charge < -0.3 is 0 Å². The molecule has 0 atom stereocenters.